The van der Waals surface area contributed by atoms with Crippen LogP contribution in [0.5, 0.6) is 0 Å². The van der Waals surface area contributed by atoms with Crippen molar-refractivity contribution in [3.8, 4) is 0 Å². The Bertz CT molecular complexity index is 561. The minimum Gasteiger partial charge on any atom is -0.305 e. The molecule has 2 aromatic rings. The van der Waals surface area contributed by atoms with Crippen molar-refractivity contribution in [2.45, 2.75) is 0 Å². The van der Waals surface area contributed by atoms with Crippen LogP contribution < -0.4 is 5.32 Å². The molecule has 1 heterocycles. The standard InChI is InChI=1S/C12H8Cl2N2O.ClH/c13-9-5-2-1-4-8(9)12(17)16-11-10(14)6-3-7-15-11;/h1-7H,(H,15,16,17);1H. The molecular weight excluding hydrogens is 295 g/mol. The van der Waals surface area contributed by atoms with Crippen molar-refractivity contribution < 1.29 is 4.79 Å². The van der Waals surface area contributed by atoms with Crippen LogP contribution in [-0.4, -0.2) is 10.9 Å². The molecule has 1 amide bonds. The number of nitrogens with zero attached hydrogens (tertiary/aromatic N) is 1. The first-order valence-corrected chi connectivity index (χ1v) is 5.60. The maximum Gasteiger partial charge on any atom is 0.258 e. The number of anilines is 1. The number of benzene rings is 1. The lowest BCUT2D eigenvalue weighted by Crippen LogP contribution is -2.13. The van der Waals surface area contributed by atoms with Crippen molar-refractivity contribution in [1.29, 1.82) is 0 Å². The molecule has 6 heteroatoms. The number of hydrogen-bond donors (Lipinski definition) is 1. The molecule has 0 atom stereocenters. The molecule has 2 rings (SSSR count). The molecule has 0 aliphatic carbocycles. The third kappa shape index (κ3) is 3.35. The summed E-state index contributed by atoms with van der Waals surface area (Å²) in [5, 5.41) is 3.37. The van der Waals surface area contributed by atoms with Gasteiger partial charge in [-0.2, -0.15) is 0 Å². The van der Waals surface area contributed by atoms with E-state index in [1.165, 1.54) is 0 Å². The van der Waals surface area contributed by atoms with Gasteiger partial charge >= 0.3 is 0 Å². The van der Waals surface area contributed by atoms with Gasteiger partial charge in [0.15, 0.2) is 5.82 Å². The molecule has 0 fully saturated rings. The molecule has 3 nitrogen and oxygen atoms in total. The van der Waals surface area contributed by atoms with Gasteiger partial charge in [0.05, 0.1) is 15.6 Å². The van der Waals surface area contributed by atoms with E-state index in [0.717, 1.165) is 0 Å². The summed E-state index contributed by atoms with van der Waals surface area (Å²) < 4.78 is 0. The van der Waals surface area contributed by atoms with E-state index >= 15 is 0 Å². The van der Waals surface area contributed by atoms with E-state index in [4.69, 9.17) is 23.2 Å². The molecule has 1 N–H and O–H groups in total. The highest BCUT2D eigenvalue weighted by Gasteiger charge is 2.11. The normalized spacial score (nSPS) is 9.44. The monoisotopic (exact) mass is 302 g/mol. The van der Waals surface area contributed by atoms with E-state index < -0.39 is 0 Å². The molecule has 18 heavy (non-hydrogen) atoms. The molecule has 1 aromatic heterocycles. The predicted molar refractivity (Wildman–Crippen MR) is 75.9 cm³/mol. The van der Waals surface area contributed by atoms with Crippen LogP contribution in [-0.2, 0) is 0 Å². The Morgan fingerprint density at radius 1 is 1.06 bits per heavy atom. The Morgan fingerprint density at radius 2 is 1.72 bits per heavy atom. The summed E-state index contributed by atoms with van der Waals surface area (Å²) in [7, 11) is 0. The smallest absolute Gasteiger partial charge is 0.258 e. The number of rotatable bonds is 2. The SMILES string of the molecule is Cl.O=C(Nc1ncccc1Cl)c1ccccc1Cl. The maximum absolute atomic E-state index is 11.9. The molecule has 94 valence electrons. The molecule has 0 radical (unpaired) electrons. The topological polar surface area (TPSA) is 42.0 Å². The number of nitrogens with one attached hydrogen (secondary N) is 1. The lowest BCUT2D eigenvalue weighted by Gasteiger charge is -2.06. The Labute approximate surface area is 121 Å². The summed E-state index contributed by atoms with van der Waals surface area (Å²) >= 11 is 11.8. The van der Waals surface area contributed by atoms with Crippen LogP contribution in [0, 0.1) is 0 Å². The Hall–Kier alpha value is -1.29. The molecular formula is C12H9Cl3N2O. The van der Waals surface area contributed by atoms with Crippen LogP contribution >= 0.6 is 35.6 Å². The van der Waals surface area contributed by atoms with Gasteiger partial charge in [-0.3, -0.25) is 4.79 Å². The van der Waals surface area contributed by atoms with E-state index in [1.54, 1.807) is 42.6 Å². The highest BCUT2D eigenvalue weighted by atomic mass is 35.5. The highest BCUT2D eigenvalue weighted by Crippen LogP contribution is 2.20. The Kier molecular flexibility index (Phi) is 5.41. The van der Waals surface area contributed by atoms with Crippen LogP contribution in [0.3, 0.4) is 0 Å². The van der Waals surface area contributed by atoms with Crippen molar-refractivity contribution in [3.63, 3.8) is 0 Å². The quantitative estimate of drug-likeness (QED) is 0.909. The Morgan fingerprint density at radius 3 is 2.39 bits per heavy atom. The van der Waals surface area contributed by atoms with Gasteiger partial charge < -0.3 is 5.32 Å². The van der Waals surface area contributed by atoms with Crippen LogP contribution in [0.2, 0.25) is 10.0 Å². The summed E-state index contributed by atoms with van der Waals surface area (Å²) in [6.45, 7) is 0. The van der Waals surface area contributed by atoms with E-state index in [9.17, 15) is 4.79 Å². The second-order valence-corrected chi connectivity index (χ2v) is 4.08. The van der Waals surface area contributed by atoms with Gasteiger partial charge in [0.2, 0.25) is 0 Å². The molecule has 0 aliphatic rings. The first kappa shape index (κ1) is 14.8. The molecule has 0 saturated heterocycles. The zero-order chi connectivity index (χ0) is 12.3. The second kappa shape index (κ2) is 6.59. The van der Waals surface area contributed by atoms with Crippen LogP contribution in [0.15, 0.2) is 42.6 Å². The number of pyridine rings is 1. The zero-order valence-corrected chi connectivity index (χ0v) is 11.4. The van der Waals surface area contributed by atoms with Crippen molar-refractivity contribution in [1.82, 2.24) is 4.98 Å². The van der Waals surface area contributed by atoms with Crippen LogP contribution in [0.1, 0.15) is 10.4 Å². The van der Waals surface area contributed by atoms with Gasteiger partial charge in [0.25, 0.3) is 5.91 Å². The maximum atomic E-state index is 11.9. The van der Waals surface area contributed by atoms with Gasteiger partial charge in [-0.05, 0) is 24.3 Å². The van der Waals surface area contributed by atoms with Crippen molar-refractivity contribution in [3.05, 3.63) is 58.2 Å². The fraction of sp³-hybridized carbons (Fsp3) is 0. The number of amides is 1. The molecule has 0 unspecified atom stereocenters. The summed E-state index contributed by atoms with van der Waals surface area (Å²) in [5.41, 5.74) is 0.385. The minimum absolute atomic E-state index is 0. The lowest BCUT2D eigenvalue weighted by molar-refractivity contribution is 0.102. The van der Waals surface area contributed by atoms with Gasteiger partial charge in [-0.15, -0.1) is 12.4 Å². The molecule has 0 aliphatic heterocycles. The fourth-order valence-electron chi connectivity index (χ4n) is 1.30. The average Bonchev–Trinajstić information content (AvgIpc) is 2.32. The minimum atomic E-state index is -0.337. The summed E-state index contributed by atoms with van der Waals surface area (Å²) in [6, 6.07) is 10.1. The zero-order valence-electron chi connectivity index (χ0n) is 9.06. The van der Waals surface area contributed by atoms with Crippen LogP contribution in [0.25, 0.3) is 0 Å². The fourth-order valence-corrected chi connectivity index (χ4v) is 1.69. The van der Waals surface area contributed by atoms with Gasteiger partial charge in [-0.1, -0.05) is 35.3 Å². The lowest BCUT2D eigenvalue weighted by atomic mass is 10.2. The van der Waals surface area contributed by atoms with Gasteiger partial charge in [0, 0.05) is 6.20 Å². The van der Waals surface area contributed by atoms with Crippen molar-refractivity contribution in [2.75, 3.05) is 5.32 Å². The number of aromatic nitrogens is 1. The third-order valence-electron chi connectivity index (χ3n) is 2.11. The predicted octanol–water partition coefficient (Wildman–Crippen LogP) is 4.06. The van der Waals surface area contributed by atoms with Crippen molar-refractivity contribution in [2.24, 2.45) is 0 Å². The number of hydrogen-bond acceptors (Lipinski definition) is 2. The second-order valence-electron chi connectivity index (χ2n) is 3.27. The highest BCUT2D eigenvalue weighted by molar-refractivity contribution is 6.35. The number of carbonyl (C=O) groups is 1. The average molecular weight is 304 g/mol. The first-order valence-electron chi connectivity index (χ1n) is 4.85. The summed E-state index contributed by atoms with van der Waals surface area (Å²) in [5.74, 6) is -0.0183. The number of carbonyl (C=O) groups excluding carboxylic acids is 1. The number of halogens is 3. The van der Waals surface area contributed by atoms with Gasteiger partial charge in [-0.25, -0.2) is 4.98 Å². The summed E-state index contributed by atoms with van der Waals surface area (Å²) in [4.78, 5) is 15.9. The first-order chi connectivity index (χ1) is 8.18. The molecule has 0 saturated carbocycles. The van der Waals surface area contributed by atoms with E-state index in [2.05, 4.69) is 10.3 Å². The molecule has 1 aromatic carbocycles. The molecule has 0 spiro atoms. The van der Waals surface area contributed by atoms with Gasteiger partial charge in [0.1, 0.15) is 0 Å². The molecule has 0 bridgehead atoms. The van der Waals surface area contributed by atoms with Crippen molar-refractivity contribution >= 4 is 47.3 Å². The largest absolute Gasteiger partial charge is 0.305 e. The Balaban J connectivity index is 0.00000162. The van der Waals surface area contributed by atoms with Crippen LogP contribution in [0.4, 0.5) is 5.82 Å². The van der Waals surface area contributed by atoms with E-state index in [-0.39, 0.29) is 18.3 Å². The van der Waals surface area contributed by atoms with E-state index in [0.29, 0.717) is 21.4 Å². The third-order valence-corrected chi connectivity index (χ3v) is 2.74. The van der Waals surface area contributed by atoms with E-state index in [1.807, 2.05) is 0 Å². The summed E-state index contributed by atoms with van der Waals surface area (Å²) in [6.07, 6.45) is 1.55.